The van der Waals surface area contributed by atoms with Crippen molar-refractivity contribution in [3.05, 3.63) is 29.8 Å². The molecule has 0 unspecified atom stereocenters. The van der Waals surface area contributed by atoms with Crippen molar-refractivity contribution < 1.29 is 4.74 Å². The molecule has 0 bridgehead atoms. The van der Waals surface area contributed by atoms with Gasteiger partial charge in [-0.15, -0.1) is 23.5 Å². The highest BCUT2D eigenvalue weighted by molar-refractivity contribution is 8.20. The predicted octanol–water partition coefficient (Wildman–Crippen LogP) is 4.60. The van der Waals surface area contributed by atoms with Crippen LogP contribution in [-0.4, -0.2) is 26.7 Å². The zero-order valence-electron chi connectivity index (χ0n) is 11.7. The van der Waals surface area contributed by atoms with Gasteiger partial charge < -0.3 is 4.74 Å². The molecule has 100 valence electrons. The molecular formula is C14H22OS2Si. The second kappa shape index (κ2) is 5.51. The highest BCUT2D eigenvalue weighted by atomic mass is 32.2. The quantitative estimate of drug-likeness (QED) is 0.755. The van der Waals surface area contributed by atoms with Gasteiger partial charge in [0.25, 0.3) is 0 Å². The Morgan fingerprint density at radius 1 is 1.06 bits per heavy atom. The minimum atomic E-state index is -1.29. The molecule has 0 saturated carbocycles. The second-order valence-electron chi connectivity index (χ2n) is 5.65. The van der Waals surface area contributed by atoms with Crippen molar-refractivity contribution in [3.63, 3.8) is 0 Å². The zero-order valence-corrected chi connectivity index (χ0v) is 14.3. The number of rotatable bonds is 3. The van der Waals surface area contributed by atoms with Crippen LogP contribution in [0.3, 0.4) is 0 Å². The van der Waals surface area contributed by atoms with E-state index in [-0.39, 0.29) is 0 Å². The molecule has 1 heterocycles. The predicted molar refractivity (Wildman–Crippen MR) is 87.6 cm³/mol. The molecule has 0 aliphatic carbocycles. The zero-order chi connectivity index (χ0) is 13.2. The number of benzene rings is 1. The lowest BCUT2D eigenvalue weighted by atomic mass is 10.2. The summed E-state index contributed by atoms with van der Waals surface area (Å²) in [7, 11) is 0.440. The highest BCUT2D eigenvalue weighted by Crippen LogP contribution is 2.55. The van der Waals surface area contributed by atoms with Crippen LogP contribution in [0.25, 0.3) is 0 Å². The summed E-state index contributed by atoms with van der Waals surface area (Å²) in [5.41, 5.74) is 1.48. The minimum Gasteiger partial charge on any atom is -0.497 e. The SMILES string of the molecule is COc1ccc(C2([Si](C)(C)C)SCCCS2)cc1. The molecular weight excluding hydrogens is 276 g/mol. The van der Waals surface area contributed by atoms with Crippen molar-refractivity contribution in [1.29, 1.82) is 0 Å². The topological polar surface area (TPSA) is 9.23 Å². The summed E-state index contributed by atoms with van der Waals surface area (Å²) in [4.78, 5) is 0. The highest BCUT2D eigenvalue weighted by Gasteiger charge is 2.46. The van der Waals surface area contributed by atoms with Crippen molar-refractivity contribution in [2.75, 3.05) is 18.6 Å². The van der Waals surface area contributed by atoms with E-state index in [1.165, 1.54) is 23.5 Å². The number of thioether (sulfide) groups is 2. The fourth-order valence-corrected chi connectivity index (χ4v) is 10.3. The lowest BCUT2D eigenvalue weighted by Gasteiger charge is -2.45. The van der Waals surface area contributed by atoms with Gasteiger partial charge >= 0.3 is 0 Å². The van der Waals surface area contributed by atoms with Crippen LogP contribution in [0.15, 0.2) is 24.3 Å². The van der Waals surface area contributed by atoms with Crippen LogP contribution in [0.5, 0.6) is 5.75 Å². The van der Waals surface area contributed by atoms with Crippen LogP contribution < -0.4 is 4.74 Å². The number of ether oxygens (including phenoxy) is 1. The van der Waals surface area contributed by atoms with Crippen LogP contribution in [0.4, 0.5) is 0 Å². The Morgan fingerprint density at radius 3 is 2.06 bits per heavy atom. The smallest absolute Gasteiger partial charge is 0.118 e. The van der Waals surface area contributed by atoms with Gasteiger partial charge in [-0.05, 0) is 35.6 Å². The summed E-state index contributed by atoms with van der Waals surface area (Å²) in [5.74, 6) is 3.54. The van der Waals surface area contributed by atoms with Crippen LogP contribution in [0.2, 0.25) is 19.6 Å². The van der Waals surface area contributed by atoms with Gasteiger partial charge in [0.1, 0.15) is 5.75 Å². The molecule has 0 spiro atoms. The number of hydrogen-bond acceptors (Lipinski definition) is 3. The molecule has 0 amide bonds. The standard InChI is InChI=1S/C14H22OS2Si/c1-15-13-8-6-12(7-9-13)14(18(2,3)4)16-10-5-11-17-14/h6-9H,5,10-11H2,1-4H3. The van der Waals surface area contributed by atoms with Crippen molar-refractivity contribution in [2.45, 2.75) is 29.8 Å². The molecule has 0 N–H and O–H groups in total. The maximum atomic E-state index is 5.27. The lowest BCUT2D eigenvalue weighted by molar-refractivity contribution is 0.414. The molecule has 1 aliphatic heterocycles. The van der Waals surface area contributed by atoms with Gasteiger partial charge in [0, 0.05) is 0 Å². The summed E-state index contributed by atoms with van der Waals surface area (Å²) in [6.45, 7) is 7.47. The number of methoxy groups -OCH3 is 1. The third-order valence-corrected chi connectivity index (χ3v) is 13.1. The lowest BCUT2D eigenvalue weighted by Crippen LogP contribution is -2.46. The van der Waals surface area contributed by atoms with Crippen LogP contribution in [0, 0.1) is 0 Å². The molecule has 18 heavy (non-hydrogen) atoms. The summed E-state index contributed by atoms with van der Waals surface area (Å²) < 4.78 is 5.59. The fourth-order valence-electron chi connectivity index (χ4n) is 2.38. The van der Waals surface area contributed by atoms with E-state index in [1.807, 2.05) is 0 Å². The maximum Gasteiger partial charge on any atom is 0.118 e. The van der Waals surface area contributed by atoms with Crippen molar-refractivity contribution in [2.24, 2.45) is 0 Å². The summed E-state index contributed by atoms with van der Waals surface area (Å²) in [5, 5.41) is 0. The summed E-state index contributed by atoms with van der Waals surface area (Å²) >= 11 is 4.34. The monoisotopic (exact) mass is 298 g/mol. The van der Waals surface area contributed by atoms with Gasteiger partial charge in [0.2, 0.25) is 0 Å². The Labute approximate surface area is 120 Å². The Balaban J connectivity index is 2.39. The first kappa shape index (κ1) is 14.3. The van der Waals surface area contributed by atoms with Gasteiger partial charge in [-0.2, -0.15) is 0 Å². The average Bonchev–Trinajstić information content (AvgIpc) is 2.38. The Kier molecular flexibility index (Phi) is 4.39. The van der Waals surface area contributed by atoms with E-state index >= 15 is 0 Å². The molecule has 1 aliphatic rings. The molecule has 1 nitrogen and oxygen atoms in total. The first-order valence-electron chi connectivity index (χ1n) is 6.42. The van der Waals surface area contributed by atoms with Crippen LogP contribution in [0.1, 0.15) is 12.0 Å². The van der Waals surface area contributed by atoms with E-state index in [9.17, 15) is 0 Å². The Hall–Kier alpha value is -0.0631. The van der Waals surface area contributed by atoms with E-state index in [1.54, 1.807) is 7.11 Å². The van der Waals surface area contributed by atoms with E-state index in [4.69, 9.17) is 4.74 Å². The summed E-state index contributed by atoms with van der Waals surface area (Å²) in [6, 6.07) is 8.74. The van der Waals surface area contributed by atoms with Crippen LogP contribution >= 0.6 is 23.5 Å². The van der Waals surface area contributed by atoms with Gasteiger partial charge in [0.05, 0.1) is 18.9 Å². The van der Waals surface area contributed by atoms with E-state index < -0.39 is 8.07 Å². The first-order valence-corrected chi connectivity index (χ1v) is 11.9. The molecule has 1 saturated heterocycles. The molecule has 0 atom stereocenters. The molecule has 1 aromatic rings. The van der Waals surface area contributed by atoms with Gasteiger partial charge in [-0.3, -0.25) is 0 Å². The normalized spacial score (nSPS) is 19.6. The van der Waals surface area contributed by atoms with Crippen molar-refractivity contribution in [1.82, 2.24) is 0 Å². The van der Waals surface area contributed by atoms with E-state index in [0.717, 1.165) is 5.75 Å². The molecule has 0 aromatic heterocycles. The third-order valence-electron chi connectivity index (χ3n) is 3.36. The molecule has 1 fully saturated rings. The second-order valence-corrected chi connectivity index (χ2v) is 14.5. The average molecular weight is 299 g/mol. The minimum absolute atomic E-state index is 0.317. The Bertz CT molecular complexity index is 391. The molecule has 4 heteroatoms. The maximum absolute atomic E-state index is 5.27. The van der Waals surface area contributed by atoms with E-state index in [2.05, 4.69) is 67.4 Å². The van der Waals surface area contributed by atoms with Gasteiger partial charge in [-0.1, -0.05) is 31.8 Å². The van der Waals surface area contributed by atoms with Gasteiger partial charge in [-0.25, -0.2) is 0 Å². The van der Waals surface area contributed by atoms with Crippen molar-refractivity contribution >= 4 is 31.6 Å². The summed E-state index contributed by atoms with van der Waals surface area (Å²) in [6.07, 6.45) is 1.34. The largest absolute Gasteiger partial charge is 0.497 e. The molecule has 0 radical (unpaired) electrons. The first-order chi connectivity index (χ1) is 8.49. The molecule has 2 rings (SSSR count). The van der Waals surface area contributed by atoms with Crippen molar-refractivity contribution in [3.8, 4) is 5.75 Å². The Morgan fingerprint density at radius 2 is 1.61 bits per heavy atom. The van der Waals surface area contributed by atoms with E-state index in [0.29, 0.717) is 3.70 Å². The fraction of sp³-hybridized carbons (Fsp3) is 0.571. The molecule has 1 aromatic carbocycles. The third kappa shape index (κ3) is 2.61. The van der Waals surface area contributed by atoms with Crippen LogP contribution in [-0.2, 0) is 3.70 Å². The van der Waals surface area contributed by atoms with Gasteiger partial charge in [0.15, 0.2) is 0 Å². The number of hydrogen-bond donors (Lipinski definition) is 0.